The first kappa shape index (κ1) is 37.2. The van der Waals surface area contributed by atoms with Crippen LogP contribution in [0.1, 0.15) is 92.9 Å². The lowest BCUT2D eigenvalue weighted by molar-refractivity contribution is -0.141. The number of primary amides is 1. The summed E-state index contributed by atoms with van der Waals surface area (Å²) in [6, 6.07) is -1.73. The van der Waals surface area contributed by atoms with Gasteiger partial charge < -0.3 is 31.9 Å². The number of amides is 5. The van der Waals surface area contributed by atoms with Crippen molar-refractivity contribution in [2.24, 2.45) is 28.9 Å². The molecule has 262 valence electrons. The number of nitrogens with zero attached hydrogens (tertiary/aromatic N) is 2. The molecular formula is C34H58BN7O5. The Labute approximate surface area is 282 Å². The minimum atomic E-state index is -1.08. The summed E-state index contributed by atoms with van der Waals surface area (Å²) in [7, 11) is 6.81. The van der Waals surface area contributed by atoms with Crippen LogP contribution in [0.15, 0.2) is 0 Å². The summed E-state index contributed by atoms with van der Waals surface area (Å²) < 4.78 is 0. The summed E-state index contributed by atoms with van der Waals surface area (Å²) in [6.07, 6.45) is 6.42. The molecular weight excluding hydrogens is 597 g/mol. The van der Waals surface area contributed by atoms with Gasteiger partial charge in [0.15, 0.2) is 0 Å². The Balaban J connectivity index is 1.43. The number of carbonyl (C=O) groups is 5. The van der Waals surface area contributed by atoms with E-state index in [1.165, 1.54) is 4.90 Å². The second-order valence-corrected chi connectivity index (χ2v) is 15.9. The van der Waals surface area contributed by atoms with Gasteiger partial charge in [-0.2, -0.15) is 0 Å². The highest BCUT2D eigenvalue weighted by Gasteiger charge is 2.53. The lowest BCUT2D eigenvalue weighted by Crippen LogP contribution is -2.58. The average molecular weight is 656 g/mol. The number of piperazine rings is 1. The number of hydrogen-bond acceptors (Lipinski definition) is 7. The molecule has 6 N–H and O–H groups in total. The highest BCUT2D eigenvalue weighted by atomic mass is 16.2. The van der Waals surface area contributed by atoms with E-state index in [0.29, 0.717) is 38.0 Å². The number of likely N-dealkylation sites (tertiary alicyclic amines) is 1. The Kier molecular flexibility index (Phi) is 12.1. The predicted octanol–water partition coefficient (Wildman–Crippen LogP) is 1.48. The maximum atomic E-state index is 13.8. The summed E-state index contributed by atoms with van der Waals surface area (Å²) in [5.74, 6) is -2.44. The summed E-state index contributed by atoms with van der Waals surface area (Å²) >= 11 is 0. The first-order chi connectivity index (χ1) is 22.0. The van der Waals surface area contributed by atoms with E-state index < -0.39 is 41.0 Å². The normalized spacial score (nSPS) is 27.7. The second-order valence-electron chi connectivity index (χ2n) is 15.9. The molecule has 0 aromatic rings. The van der Waals surface area contributed by atoms with E-state index in [0.717, 1.165) is 51.6 Å². The molecule has 47 heavy (non-hydrogen) atoms. The number of carbonyl (C=O) groups excluding carboxylic acids is 5. The number of hydrogen-bond donors (Lipinski definition) is 5. The molecule has 5 amide bonds. The van der Waals surface area contributed by atoms with Crippen molar-refractivity contribution < 1.29 is 24.0 Å². The third-order valence-electron chi connectivity index (χ3n) is 11.8. The van der Waals surface area contributed by atoms with Crippen LogP contribution in [0.25, 0.3) is 0 Å². The molecule has 0 aromatic heterocycles. The highest BCUT2D eigenvalue weighted by Crippen LogP contribution is 2.62. The lowest BCUT2D eigenvalue weighted by atomic mass is 9.41. The van der Waals surface area contributed by atoms with Crippen LogP contribution >= 0.6 is 0 Å². The fraction of sp³-hybridized carbons (Fsp3) is 0.853. The van der Waals surface area contributed by atoms with Crippen molar-refractivity contribution in [1.29, 1.82) is 0 Å². The molecule has 2 saturated heterocycles. The molecule has 0 aromatic carbocycles. The maximum absolute atomic E-state index is 13.8. The zero-order chi connectivity index (χ0) is 34.7. The summed E-state index contributed by atoms with van der Waals surface area (Å²) in [4.78, 5) is 69.1. The molecule has 2 saturated carbocycles. The molecule has 2 aliphatic heterocycles. The topological polar surface area (TPSA) is 166 Å². The minimum Gasteiger partial charge on any atom is -0.363 e. The van der Waals surface area contributed by atoms with E-state index in [1.54, 1.807) is 0 Å². The Morgan fingerprint density at radius 1 is 1.00 bits per heavy atom. The molecule has 12 nitrogen and oxygen atoms in total. The minimum absolute atomic E-state index is 0.0765. The SMILES string of the molecule is [B]C1(C(C)(C)[C@H]2C[C@@H](C(=O)NC(CC3CCC3)C(=O)C(N)=O)N(C(=O)CNC(=O)N[C@H](CN3C[C@@H](C)N[C@@H](C)C3)C(C)C)C2)CCC1. The van der Waals surface area contributed by atoms with Crippen LogP contribution in [0.3, 0.4) is 0 Å². The molecule has 13 heteroatoms. The smallest absolute Gasteiger partial charge is 0.315 e. The first-order valence-corrected chi connectivity index (χ1v) is 17.8. The summed E-state index contributed by atoms with van der Waals surface area (Å²) in [6.45, 7) is 15.1. The van der Waals surface area contributed by atoms with Gasteiger partial charge in [0.1, 0.15) is 6.04 Å². The number of rotatable bonds is 14. The van der Waals surface area contributed by atoms with Gasteiger partial charge in [0.05, 0.1) is 20.4 Å². The van der Waals surface area contributed by atoms with E-state index in [2.05, 4.69) is 67.7 Å². The van der Waals surface area contributed by atoms with Crippen LogP contribution in [0.2, 0.25) is 5.31 Å². The summed E-state index contributed by atoms with van der Waals surface area (Å²) in [5, 5.41) is 11.7. The Bertz CT molecular complexity index is 1160. The largest absolute Gasteiger partial charge is 0.363 e. The van der Waals surface area contributed by atoms with E-state index in [4.69, 9.17) is 13.6 Å². The van der Waals surface area contributed by atoms with Gasteiger partial charge >= 0.3 is 6.03 Å². The van der Waals surface area contributed by atoms with Crippen molar-refractivity contribution in [3.63, 3.8) is 0 Å². The molecule has 4 fully saturated rings. The van der Waals surface area contributed by atoms with Crippen LogP contribution in [0.5, 0.6) is 0 Å². The van der Waals surface area contributed by atoms with Crippen LogP contribution < -0.4 is 27.0 Å². The Morgan fingerprint density at radius 2 is 1.64 bits per heavy atom. The second kappa shape index (κ2) is 15.3. The van der Waals surface area contributed by atoms with Gasteiger partial charge in [-0.1, -0.05) is 71.5 Å². The quantitative estimate of drug-likeness (QED) is 0.140. The van der Waals surface area contributed by atoms with Crippen molar-refractivity contribution >= 4 is 37.4 Å². The van der Waals surface area contributed by atoms with Gasteiger partial charge in [-0.05, 0) is 49.9 Å². The summed E-state index contributed by atoms with van der Waals surface area (Å²) in [5.41, 5.74) is 4.98. The van der Waals surface area contributed by atoms with Gasteiger partial charge in [-0.3, -0.25) is 24.1 Å². The lowest BCUT2D eigenvalue weighted by Gasteiger charge is -2.54. The van der Waals surface area contributed by atoms with Crippen molar-refractivity contribution in [2.45, 2.75) is 128 Å². The van der Waals surface area contributed by atoms with E-state index in [9.17, 15) is 24.0 Å². The van der Waals surface area contributed by atoms with Gasteiger partial charge in [0.25, 0.3) is 5.91 Å². The first-order valence-electron chi connectivity index (χ1n) is 17.8. The fourth-order valence-electron chi connectivity index (χ4n) is 7.99. The van der Waals surface area contributed by atoms with E-state index >= 15 is 0 Å². The Hall–Kier alpha value is -2.67. The third kappa shape index (κ3) is 8.88. The average Bonchev–Trinajstić information content (AvgIpc) is 3.41. The highest BCUT2D eigenvalue weighted by molar-refractivity contribution is 6.37. The van der Waals surface area contributed by atoms with Crippen molar-refractivity contribution in [2.75, 3.05) is 32.7 Å². The molecule has 0 bridgehead atoms. The molecule has 6 atom stereocenters. The molecule has 1 unspecified atom stereocenters. The van der Waals surface area contributed by atoms with Gasteiger partial charge in [-0.25, -0.2) is 4.79 Å². The van der Waals surface area contributed by atoms with Gasteiger partial charge in [0.2, 0.25) is 17.6 Å². The molecule has 2 aliphatic carbocycles. The fourth-order valence-corrected chi connectivity index (χ4v) is 7.99. The third-order valence-corrected chi connectivity index (χ3v) is 11.8. The van der Waals surface area contributed by atoms with Gasteiger partial charge in [-0.15, -0.1) is 0 Å². The molecule has 4 rings (SSSR count). The van der Waals surface area contributed by atoms with E-state index in [1.807, 2.05) is 0 Å². The standard InChI is InChI=1S/C34H58BN7O5/c1-20(2)26(19-41-16-21(3)38-22(4)17-41)40-32(47)37-15-28(43)42-18-24(33(5,6)34(35)11-8-12-34)14-27(42)31(46)39-25(29(44)30(36)45)13-23-9-7-10-23/h20-27,38H,7-19H2,1-6H3,(H2,36,45)(H,39,46)(H2,37,40,47)/t21-,22+,24-,25?,26+,27-/m0/s1. The van der Waals surface area contributed by atoms with Crippen LogP contribution in [-0.4, -0.2) is 110 Å². The van der Waals surface area contributed by atoms with E-state index in [-0.39, 0.29) is 41.7 Å². The Morgan fingerprint density at radius 3 is 2.15 bits per heavy atom. The van der Waals surface area contributed by atoms with Crippen molar-refractivity contribution in [1.82, 2.24) is 31.1 Å². The number of urea groups is 1. The monoisotopic (exact) mass is 655 g/mol. The number of Topliss-reactive ketones (excluding diaryl/α,β-unsaturated/α-hetero) is 1. The van der Waals surface area contributed by atoms with Crippen LogP contribution in [0.4, 0.5) is 4.79 Å². The molecule has 4 aliphatic rings. The number of nitrogens with two attached hydrogens (primary N) is 1. The molecule has 2 radical (unpaired) electrons. The predicted molar refractivity (Wildman–Crippen MR) is 181 cm³/mol. The molecule has 2 heterocycles. The van der Waals surface area contributed by atoms with Gasteiger partial charge in [0, 0.05) is 44.3 Å². The maximum Gasteiger partial charge on any atom is 0.315 e. The molecule has 0 spiro atoms. The van der Waals surface area contributed by atoms with Crippen LogP contribution in [-0.2, 0) is 19.2 Å². The zero-order valence-corrected chi connectivity index (χ0v) is 29.4. The van der Waals surface area contributed by atoms with Crippen LogP contribution in [0, 0.1) is 23.2 Å². The number of ketones is 1. The van der Waals surface area contributed by atoms with Crippen molar-refractivity contribution in [3.05, 3.63) is 0 Å². The number of nitrogens with one attached hydrogen (secondary N) is 4. The zero-order valence-electron chi connectivity index (χ0n) is 29.4. The van der Waals surface area contributed by atoms with Crippen molar-refractivity contribution in [3.8, 4) is 0 Å².